The molecule has 0 saturated carbocycles. The minimum absolute atomic E-state index is 0.0453. The maximum atomic E-state index is 9.99. The molecule has 2 unspecified atom stereocenters. The maximum absolute atomic E-state index is 9.99. The van der Waals surface area contributed by atoms with E-state index in [2.05, 4.69) is 4.74 Å². The molecule has 0 radical (unpaired) electrons. The summed E-state index contributed by atoms with van der Waals surface area (Å²) in [7, 11) is 0. The lowest BCUT2D eigenvalue weighted by atomic mass is 10.3. The van der Waals surface area contributed by atoms with Gasteiger partial charge in [0.25, 0.3) is 6.47 Å². The normalized spacial score (nSPS) is 13.8. The van der Waals surface area contributed by atoms with E-state index in [4.69, 9.17) is 9.47 Å². The summed E-state index contributed by atoms with van der Waals surface area (Å²) >= 11 is 0. The van der Waals surface area contributed by atoms with E-state index in [1.165, 1.54) is 0 Å². The zero-order valence-electron chi connectivity index (χ0n) is 10.2. The molecule has 0 amide bonds. The van der Waals surface area contributed by atoms with Crippen molar-refractivity contribution in [3.05, 3.63) is 30.3 Å². The standard InChI is InChI=1S/C13H18O4/c1-11(8-15-10-14)16-9-12(2)17-13-6-4-3-5-7-13/h3-7,10-12H,8-9H2,1-2H3. The van der Waals surface area contributed by atoms with Crippen molar-refractivity contribution < 1.29 is 19.0 Å². The lowest BCUT2D eigenvalue weighted by Crippen LogP contribution is -2.25. The Labute approximate surface area is 101 Å². The smallest absolute Gasteiger partial charge is 0.293 e. The van der Waals surface area contributed by atoms with Crippen LogP contribution in [0.5, 0.6) is 5.75 Å². The third kappa shape index (κ3) is 5.92. The van der Waals surface area contributed by atoms with E-state index in [1.54, 1.807) is 0 Å². The second-order valence-electron chi connectivity index (χ2n) is 3.82. The second kappa shape index (κ2) is 7.68. The fourth-order valence-corrected chi connectivity index (χ4v) is 1.29. The van der Waals surface area contributed by atoms with Gasteiger partial charge in [-0.05, 0) is 26.0 Å². The molecule has 0 fully saturated rings. The van der Waals surface area contributed by atoms with Crippen LogP contribution in [0, 0.1) is 0 Å². The third-order valence-electron chi connectivity index (χ3n) is 2.09. The Morgan fingerprint density at radius 3 is 2.47 bits per heavy atom. The number of carbonyl (C=O) groups excluding carboxylic acids is 1. The fourth-order valence-electron chi connectivity index (χ4n) is 1.29. The van der Waals surface area contributed by atoms with Crippen molar-refractivity contribution in [3.8, 4) is 5.75 Å². The van der Waals surface area contributed by atoms with Crippen molar-refractivity contribution in [3.63, 3.8) is 0 Å². The third-order valence-corrected chi connectivity index (χ3v) is 2.09. The van der Waals surface area contributed by atoms with Crippen LogP contribution in [0.15, 0.2) is 30.3 Å². The molecule has 1 aromatic carbocycles. The summed E-state index contributed by atoms with van der Waals surface area (Å²) in [6.07, 6.45) is -0.168. The van der Waals surface area contributed by atoms with Gasteiger partial charge in [-0.15, -0.1) is 0 Å². The first kappa shape index (κ1) is 13.5. The number of para-hydroxylation sites is 1. The predicted molar refractivity (Wildman–Crippen MR) is 64.0 cm³/mol. The van der Waals surface area contributed by atoms with Crippen LogP contribution in [0.25, 0.3) is 0 Å². The quantitative estimate of drug-likeness (QED) is 0.650. The molecule has 4 heteroatoms. The molecule has 0 heterocycles. The Kier molecular flexibility index (Phi) is 6.10. The van der Waals surface area contributed by atoms with Gasteiger partial charge in [-0.3, -0.25) is 4.79 Å². The predicted octanol–water partition coefficient (Wildman–Crippen LogP) is 2.03. The molecular formula is C13H18O4. The highest BCUT2D eigenvalue weighted by atomic mass is 16.6. The molecular weight excluding hydrogens is 220 g/mol. The molecule has 94 valence electrons. The average Bonchev–Trinajstić information content (AvgIpc) is 2.35. The SMILES string of the molecule is CC(COC=O)OCC(C)Oc1ccccc1. The van der Waals surface area contributed by atoms with Gasteiger partial charge in [0.05, 0.1) is 12.7 Å². The molecule has 0 aromatic heterocycles. The van der Waals surface area contributed by atoms with Gasteiger partial charge in [0.2, 0.25) is 0 Å². The minimum Gasteiger partial charge on any atom is -0.488 e. The van der Waals surface area contributed by atoms with E-state index in [-0.39, 0.29) is 18.8 Å². The van der Waals surface area contributed by atoms with Crippen LogP contribution in [-0.4, -0.2) is 31.9 Å². The first-order chi connectivity index (χ1) is 8.22. The van der Waals surface area contributed by atoms with Gasteiger partial charge < -0.3 is 14.2 Å². The van der Waals surface area contributed by atoms with Gasteiger partial charge in [-0.25, -0.2) is 0 Å². The Hall–Kier alpha value is -1.55. The monoisotopic (exact) mass is 238 g/mol. The zero-order valence-corrected chi connectivity index (χ0v) is 10.2. The van der Waals surface area contributed by atoms with Crippen LogP contribution in [0.3, 0.4) is 0 Å². The molecule has 0 bridgehead atoms. The van der Waals surface area contributed by atoms with E-state index in [0.717, 1.165) is 5.75 Å². The number of hydrogen-bond acceptors (Lipinski definition) is 4. The summed E-state index contributed by atoms with van der Waals surface area (Å²) in [5, 5.41) is 0. The number of benzene rings is 1. The van der Waals surface area contributed by atoms with Crippen molar-refractivity contribution in [1.29, 1.82) is 0 Å². The summed E-state index contributed by atoms with van der Waals surface area (Å²) in [6.45, 7) is 4.92. The molecule has 0 aliphatic rings. The van der Waals surface area contributed by atoms with Crippen molar-refractivity contribution in [1.82, 2.24) is 0 Å². The molecule has 17 heavy (non-hydrogen) atoms. The van der Waals surface area contributed by atoms with Gasteiger partial charge in [0.1, 0.15) is 18.5 Å². The molecule has 0 saturated heterocycles. The fraction of sp³-hybridized carbons (Fsp3) is 0.462. The van der Waals surface area contributed by atoms with Gasteiger partial charge in [-0.1, -0.05) is 18.2 Å². The van der Waals surface area contributed by atoms with Gasteiger partial charge in [-0.2, -0.15) is 0 Å². The van der Waals surface area contributed by atoms with E-state index in [0.29, 0.717) is 13.1 Å². The summed E-state index contributed by atoms with van der Waals surface area (Å²) < 4.78 is 15.7. The molecule has 1 aromatic rings. The van der Waals surface area contributed by atoms with Crippen LogP contribution in [0.4, 0.5) is 0 Å². The number of carbonyl (C=O) groups is 1. The Balaban J connectivity index is 2.21. The van der Waals surface area contributed by atoms with E-state index >= 15 is 0 Å². The minimum atomic E-state index is -0.123. The van der Waals surface area contributed by atoms with Crippen LogP contribution in [0.1, 0.15) is 13.8 Å². The lowest BCUT2D eigenvalue weighted by molar-refractivity contribution is -0.132. The molecule has 0 aliphatic heterocycles. The van der Waals surface area contributed by atoms with Crippen LogP contribution >= 0.6 is 0 Å². The molecule has 0 aliphatic carbocycles. The molecule has 0 N–H and O–H groups in total. The summed E-state index contributed by atoms with van der Waals surface area (Å²) in [4.78, 5) is 9.99. The Bertz CT molecular complexity index is 312. The van der Waals surface area contributed by atoms with Gasteiger partial charge >= 0.3 is 0 Å². The number of hydrogen-bond donors (Lipinski definition) is 0. The highest BCUT2D eigenvalue weighted by Crippen LogP contribution is 2.11. The largest absolute Gasteiger partial charge is 0.488 e. The van der Waals surface area contributed by atoms with E-state index < -0.39 is 0 Å². The van der Waals surface area contributed by atoms with Gasteiger partial charge in [0.15, 0.2) is 0 Å². The zero-order chi connectivity index (χ0) is 12.5. The topological polar surface area (TPSA) is 44.8 Å². The highest BCUT2D eigenvalue weighted by Gasteiger charge is 2.08. The van der Waals surface area contributed by atoms with E-state index in [9.17, 15) is 4.79 Å². The van der Waals surface area contributed by atoms with Gasteiger partial charge in [0, 0.05) is 0 Å². The first-order valence-electron chi connectivity index (χ1n) is 5.61. The number of rotatable bonds is 8. The summed E-state index contributed by atoms with van der Waals surface area (Å²) in [5.74, 6) is 0.820. The lowest BCUT2D eigenvalue weighted by Gasteiger charge is -2.17. The molecule has 0 spiro atoms. The molecule has 2 atom stereocenters. The van der Waals surface area contributed by atoms with E-state index in [1.807, 2.05) is 44.2 Å². The van der Waals surface area contributed by atoms with Crippen molar-refractivity contribution in [2.75, 3.05) is 13.2 Å². The molecule has 4 nitrogen and oxygen atoms in total. The average molecular weight is 238 g/mol. The number of ether oxygens (including phenoxy) is 3. The van der Waals surface area contributed by atoms with Crippen molar-refractivity contribution >= 4 is 6.47 Å². The van der Waals surface area contributed by atoms with Crippen LogP contribution in [-0.2, 0) is 14.3 Å². The van der Waals surface area contributed by atoms with Crippen molar-refractivity contribution in [2.45, 2.75) is 26.1 Å². The van der Waals surface area contributed by atoms with Crippen molar-refractivity contribution in [2.24, 2.45) is 0 Å². The highest BCUT2D eigenvalue weighted by molar-refractivity contribution is 5.36. The van der Waals surface area contributed by atoms with Crippen LogP contribution in [0.2, 0.25) is 0 Å². The molecule has 1 rings (SSSR count). The first-order valence-corrected chi connectivity index (χ1v) is 5.61. The Morgan fingerprint density at radius 2 is 1.82 bits per heavy atom. The second-order valence-corrected chi connectivity index (χ2v) is 3.82. The Morgan fingerprint density at radius 1 is 1.12 bits per heavy atom. The maximum Gasteiger partial charge on any atom is 0.293 e. The van der Waals surface area contributed by atoms with Crippen LogP contribution < -0.4 is 4.74 Å². The summed E-state index contributed by atoms with van der Waals surface area (Å²) in [6, 6.07) is 9.57. The summed E-state index contributed by atoms with van der Waals surface area (Å²) in [5.41, 5.74) is 0.